The van der Waals surface area contributed by atoms with Gasteiger partial charge in [-0.05, 0) is 76.4 Å². The van der Waals surface area contributed by atoms with Gasteiger partial charge >= 0.3 is 0 Å². The Morgan fingerprint density at radius 3 is 2.21 bits per heavy atom. The third kappa shape index (κ3) is 4.46. The van der Waals surface area contributed by atoms with Crippen molar-refractivity contribution in [2.75, 3.05) is 19.6 Å². The Morgan fingerprint density at radius 1 is 1.11 bits per heavy atom. The van der Waals surface area contributed by atoms with Gasteiger partial charge in [-0.25, -0.2) is 0 Å². The third-order valence-electron chi connectivity index (χ3n) is 5.62. The Balaban J connectivity index is 1.71. The molecule has 0 radical (unpaired) electrons. The van der Waals surface area contributed by atoms with Gasteiger partial charge in [0, 0.05) is 12.1 Å². The molecule has 1 aliphatic carbocycles. The predicted molar refractivity (Wildman–Crippen MR) is 83.5 cm³/mol. The van der Waals surface area contributed by atoms with Crippen molar-refractivity contribution < 1.29 is 0 Å². The molecule has 1 saturated heterocycles. The van der Waals surface area contributed by atoms with Crippen LogP contribution in [-0.2, 0) is 0 Å². The third-order valence-corrected chi connectivity index (χ3v) is 5.62. The van der Waals surface area contributed by atoms with Gasteiger partial charge in [-0.15, -0.1) is 0 Å². The van der Waals surface area contributed by atoms with Gasteiger partial charge in [0.25, 0.3) is 0 Å². The van der Waals surface area contributed by atoms with Crippen molar-refractivity contribution in [2.24, 2.45) is 11.3 Å². The fraction of sp³-hybridized carbons (Fsp3) is 1.00. The Bertz CT molecular complexity index is 256. The summed E-state index contributed by atoms with van der Waals surface area (Å²) in [5.74, 6) is 0.901. The molecule has 0 aromatic carbocycles. The Labute approximate surface area is 120 Å². The number of nitrogens with zero attached hydrogens (tertiary/aromatic N) is 1. The molecule has 2 fully saturated rings. The Kier molecular flexibility index (Phi) is 5.30. The summed E-state index contributed by atoms with van der Waals surface area (Å²) in [5, 5.41) is 3.94. The molecule has 0 spiro atoms. The molecule has 112 valence electrons. The average molecular weight is 266 g/mol. The minimum Gasteiger partial charge on any atom is -0.311 e. The molecule has 1 atom stereocenters. The van der Waals surface area contributed by atoms with E-state index in [4.69, 9.17) is 0 Å². The van der Waals surface area contributed by atoms with Gasteiger partial charge in [-0.3, -0.25) is 0 Å². The van der Waals surface area contributed by atoms with Gasteiger partial charge in [0.2, 0.25) is 0 Å². The van der Waals surface area contributed by atoms with E-state index < -0.39 is 0 Å². The van der Waals surface area contributed by atoms with Crippen molar-refractivity contribution in [2.45, 2.75) is 78.3 Å². The fourth-order valence-electron chi connectivity index (χ4n) is 3.84. The van der Waals surface area contributed by atoms with Gasteiger partial charge < -0.3 is 10.2 Å². The molecule has 0 bridgehead atoms. The molecule has 2 heteroatoms. The van der Waals surface area contributed by atoms with Crippen LogP contribution in [0.5, 0.6) is 0 Å². The van der Waals surface area contributed by atoms with Crippen LogP contribution in [0.25, 0.3) is 0 Å². The van der Waals surface area contributed by atoms with Crippen molar-refractivity contribution in [1.29, 1.82) is 0 Å². The van der Waals surface area contributed by atoms with Crippen LogP contribution in [0.4, 0.5) is 0 Å². The molecule has 19 heavy (non-hydrogen) atoms. The number of hydrogen-bond acceptors (Lipinski definition) is 2. The minimum atomic E-state index is 0.591. The molecule has 0 aromatic heterocycles. The van der Waals surface area contributed by atoms with Crippen LogP contribution in [0.1, 0.15) is 66.2 Å². The highest BCUT2D eigenvalue weighted by Crippen LogP contribution is 2.35. The lowest BCUT2D eigenvalue weighted by Crippen LogP contribution is -2.46. The van der Waals surface area contributed by atoms with Gasteiger partial charge in [0.05, 0.1) is 0 Å². The van der Waals surface area contributed by atoms with E-state index in [1.807, 2.05) is 0 Å². The van der Waals surface area contributed by atoms with Crippen LogP contribution in [0, 0.1) is 11.3 Å². The van der Waals surface area contributed by atoms with Gasteiger partial charge in [0.1, 0.15) is 0 Å². The number of rotatable bonds is 4. The highest BCUT2D eigenvalue weighted by atomic mass is 15.1. The summed E-state index contributed by atoms with van der Waals surface area (Å²) >= 11 is 0. The van der Waals surface area contributed by atoms with Crippen LogP contribution in [0.15, 0.2) is 0 Å². The van der Waals surface area contributed by atoms with Gasteiger partial charge in [-0.2, -0.15) is 0 Å². The molecule has 0 aromatic rings. The second-order valence-corrected chi connectivity index (χ2v) is 7.67. The summed E-state index contributed by atoms with van der Waals surface area (Å²) in [6, 6.07) is 1.50. The lowest BCUT2D eigenvalue weighted by molar-refractivity contribution is 0.147. The molecule has 1 aliphatic heterocycles. The van der Waals surface area contributed by atoms with Gasteiger partial charge in [0.15, 0.2) is 0 Å². The first-order chi connectivity index (χ1) is 9.00. The van der Waals surface area contributed by atoms with E-state index in [1.54, 1.807) is 0 Å². The van der Waals surface area contributed by atoms with Crippen LogP contribution >= 0.6 is 0 Å². The van der Waals surface area contributed by atoms with Gasteiger partial charge in [-0.1, -0.05) is 20.8 Å². The molecule has 2 aliphatic rings. The zero-order chi connectivity index (χ0) is 13.9. The topological polar surface area (TPSA) is 15.3 Å². The summed E-state index contributed by atoms with van der Waals surface area (Å²) in [7, 11) is 0. The normalized spacial score (nSPS) is 28.4. The molecule has 1 saturated carbocycles. The molecule has 1 heterocycles. The summed E-state index contributed by atoms with van der Waals surface area (Å²) < 4.78 is 0. The minimum absolute atomic E-state index is 0.591. The number of likely N-dealkylation sites (tertiary alicyclic amines) is 1. The lowest BCUT2D eigenvalue weighted by Gasteiger charge is -2.39. The van der Waals surface area contributed by atoms with E-state index >= 15 is 0 Å². The maximum absolute atomic E-state index is 3.94. The molecule has 0 amide bonds. The molecular weight excluding hydrogens is 232 g/mol. The van der Waals surface area contributed by atoms with Crippen LogP contribution in [-0.4, -0.2) is 36.6 Å². The van der Waals surface area contributed by atoms with E-state index in [1.165, 1.54) is 58.2 Å². The van der Waals surface area contributed by atoms with E-state index in [-0.39, 0.29) is 0 Å². The number of piperidine rings is 1. The van der Waals surface area contributed by atoms with Crippen LogP contribution < -0.4 is 5.32 Å². The molecule has 1 unspecified atom stereocenters. The lowest BCUT2D eigenvalue weighted by atomic mass is 9.75. The first-order valence-corrected chi connectivity index (χ1v) is 8.48. The van der Waals surface area contributed by atoms with Crippen molar-refractivity contribution in [3.63, 3.8) is 0 Å². The largest absolute Gasteiger partial charge is 0.311 e. The highest BCUT2D eigenvalue weighted by Gasteiger charge is 2.29. The standard InChI is InChI=1S/C17H34N2/c1-5-19-12-8-15(9-13-19)14(2)18-16-6-10-17(3,4)11-7-16/h14-16,18H,5-13H2,1-4H3. The molecule has 1 N–H and O–H groups in total. The zero-order valence-corrected chi connectivity index (χ0v) is 13.5. The van der Waals surface area contributed by atoms with E-state index in [9.17, 15) is 0 Å². The smallest absolute Gasteiger partial charge is 0.00705 e. The zero-order valence-electron chi connectivity index (χ0n) is 13.5. The fourth-order valence-corrected chi connectivity index (χ4v) is 3.84. The summed E-state index contributed by atoms with van der Waals surface area (Å²) in [6.45, 7) is 13.4. The average Bonchev–Trinajstić information content (AvgIpc) is 2.41. The van der Waals surface area contributed by atoms with Crippen molar-refractivity contribution in [3.05, 3.63) is 0 Å². The number of nitrogens with one attached hydrogen (secondary N) is 1. The second kappa shape index (κ2) is 6.58. The molecule has 2 nitrogen and oxygen atoms in total. The van der Waals surface area contributed by atoms with E-state index in [0.29, 0.717) is 11.5 Å². The Morgan fingerprint density at radius 2 is 1.68 bits per heavy atom. The molecule has 2 rings (SSSR count). The highest BCUT2D eigenvalue weighted by molar-refractivity contribution is 4.86. The quantitative estimate of drug-likeness (QED) is 0.835. The predicted octanol–water partition coefficient (Wildman–Crippen LogP) is 3.67. The van der Waals surface area contributed by atoms with E-state index in [0.717, 1.165) is 12.0 Å². The van der Waals surface area contributed by atoms with Crippen molar-refractivity contribution in [1.82, 2.24) is 10.2 Å². The molecular formula is C17H34N2. The summed E-state index contributed by atoms with van der Waals surface area (Å²) in [5.41, 5.74) is 0.591. The van der Waals surface area contributed by atoms with Crippen molar-refractivity contribution in [3.8, 4) is 0 Å². The van der Waals surface area contributed by atoms with E-state index in [2.05, 4.69) is 37.9 Å². The SMILES string of the molecule is CCN1CCC(C(C)NC2CCC(C)(C)CC2)CC1. The summed E-state index contributed by atoms with van der Waals surface area (Å²) in [6.07, 6.45) is 8.33. The first-order valence-electron chi connectivity index (χ1n) is 8.48. The number of hydrogen-bond donors (Lipinski definition) is 1. The maximum Gasteiger partial charge on any atom is 0.00705 e. The monoisotopic (exact) mass is 266 g/mol. The Hall–Kier alpha value is -0.0800. The summed E-state index contributed by atoms with van der Waals surface area (Å²) in [4.78, 5) is 2.59. The second-order valence-electron chi connectivity index (χ2n) is 7.67. The first kappa shape index (κ1) is 15.3. The van der Waals surface area contributed by atoms with Crippen LogP contribution in [0.2, 0.25) is 0 Å². The van der Waals surface area contributed by atoms with Crippen molar-refractivity contribution >= 4 is 0 Å². The van der Waals surface area contributed by atoms with Crippen LogP contribution in [0.3, 0.4) is 0 Å². The maximum atomic E-state index is 3.94.